The predicted octanol–water partition coefficient (Wildman–Crippen LogP) is 3.48. The van der Waals surface area contributed by atoms with E-state index in [1.54, 1.807) is 6.07 Å². The van der Waals surface area contributed by atoms with Gasteiger partial charge in [0.25, 0.3) is 0 Å². The summed E-state index contributed by atoms with van der Waals surface area (Å²) >= 11 is 5.89. The molecule has 2 atom stereocenters. The van der Waals surface area contributed by atoms with Crippen LogP contribution in [0.25, 0.3) is 0 Å². The molecule has 4 heteroatoms. The third-order valence-electron chi connectivity index (χ3n) is 2.82. The summed E-state index contributed by atoms with van der Waals surface area (Å²) in [6.07, 6.45) is -0.577. The zero-order chi connectivity index (χ0) is 12.5. The summed E-state index contributed by atoms with van der Waals surface area (Å²) in [4.78, 5) is 0. The lowest BCUT2D eigenvalue weighted by Gasteiger charge is -2.31. The van der Waals surface area contributed by atoms with Gasteiger partial charge in [0.15, 0.2) is 0 Å². The van der Waals surface area contributed by atoms with Gasteiger partial charge in [0.1, 0.15) is 0 Å². The molecule has 17 heavy (non-hydrogen) atoms. The number of aliphatic hydroxyl groups is 1. The first-order valence-electron chi connectivity index (χ1n) is 5.43. The Hall–Kier alpha value is -0.280. The Kier molecular flexibility index (Phi) is 5.95. The normalized spacial score (nSPS) is 15.0. The molecule has 0 aromatic heterocycles. The van der Waals surface area contributed by atoms with Crippen LogP contribution >= 0.6 is 24.0 Å². The molecule has 0 heterocycles. The molecule has 0 aliphatic heterocycles. The van der Waals surface area contributed by atoms with Crippen molar-refractivity contribution < 1.29 is 5.11 Å². The molecular formula is C13H21Cl2NO. The molecule has 1 rings (SSSR count). The van der Waals surface area contributed by atoms with E-state index in [-0.39, 0.29) is 23.9 Å². The Labute approximate surface area is 115 Å². The van der Waals surface area contributed by atoms with Gasteiger partial charge in [-0.05, 0) is 35.6 Å². The van der Waals surface area contributed by atoms with Gasteiger partial charge in [-0.2, -0.15) is 0 Å². The van der Waals surface area contributed by atoms with Crippen molar-refractivity contribution in [2.24, 2.45) is 11.1 Å². The molecular weight excluding hydrogens is 257 g/mol. The van der Waals surface area contributed by atoms with Gasteiger partial charge in [0, 0.05) is 5.02 Å². The van der Waals surface area contributed by atoms with Gasteiger partial charge in [-0.3, -0.25) is 0 Å². The molecule has 0 fully saturated rings. The van der Waals surface area contributed by atoms with Crippen LogP contribution in [0.15, 0.2) is 18.2 Å². The lowest BCUT2D eigenvalue weighted by atomic mass is 9.82. The van der Waals surface area contributed by atoms with E-state index in [1.165, 1.54) is 0 Å². The predicted molar refractivity (Wildman–Crippen MR) is 75.8 cm³/mol. The molecule has 0 aliphatic rings. The standard InChI is InChI=1S/C13H20ClNO.ClH/c1-8-7-9(14)5-6-10(8)11(15)12(16)13(2,3)4;/h5-7,11-12,16H,15H2,1-4H3;1H/t11-,12-;/m0./s1. The van der Waals surface area contributed by atoms with Crippen LogP contribution in [0.4, 0.5) is 0 Å². The van der Waals surface area contributed by atoms with Gasteiger partial charge < -0.3 is 10.8 Å². The van der Waals surface area contributed by atoms with E-state index in [9.17, 15) is 5.11 Å². The van der Waals surface area contributed by atoms with Crippen molar-refractivity contribution in [3.05, 3.63) is 34.3 Å². The number of aryl methyl sites for hydroxylation is 1. The van der Waals surface area contributed by atoms with E-state index < -0.39 is 6.10 Å². The molecule has 98 valence electrons. The molecule has 1 aromatic rings. The van der Waals surface area contributed by atoms with Gasteiger partial charge in [-0.1, -0.05) is 38.4 Å². The molecule has 0 saturated carbocycles. The number of aliphatic hydroxyl groups excluding tert-OH is 1. The highest BCUT2D eigenvalue weighted by atomic mass is 35.5. The lowest BCUT2D eigenvalue weighted by molar-refractivity contribution is 0.0399. The van der Waals surface area contributed by atoms with Crippen molar-refractivity contribution in [2.45, 2.75) is 39.8 Å². The topological polar surface area (TPSA) is 46.2 Å². The fourth-order valence-corrected chi connectivity index (χ4v) is 1.95. The van der Waals surface area contributed by atoms with Crippen LogP contribution in [0.5, 0.6) is 0 Å². The number of halogens is 2. The highest BCUT2D eigenvalue weighted by molar-refractivity contribution is 6.30. The number of benzene rings is 1. The fraction of sp³-hybridized carbons (Fsp3) is 0.538. The smallest absolute Gasteiger partial charge is 0.0781 e. The minimum absolute atomic E-state index is 0. The van der Waals surface area contributed by atoms with Crippen LogP contribution < -0.4 is 5.73 Å². The third-order valence-corrected chi connectivity index (χ3v) is 3.05. The second kappa shape index (κ2) is 6.05. The quantitative estimate of drug-likeness (QED) is 0.870. The van der Waals surface area contributed by atoms with Crippen molar-refractivity contribution in [3.63, 3.8) is 0 Å². The first-order chi connectivity index (χ1) is 7.23. The first kappa shape index (κ1) is 16.7. The Balaban J connectivity index is 0.00000256. The molecule has 0 spiro atoms. The molecule has 0 amide bonds. The SMILES string of the molecule is Cc1cc(Cl)ccc1[C@H](N)[C@H](O)C(C)(C)C.Cl. The summed E-state index contributed by atoms with van der Waals surface area (Å²) in [6.45, 7) is 7.88. The molecule has 0 aliphatic carbocycles. The lowest BCUT2D eigenvalue weighted by Crippen LogP contribution is -2.37. The third kappa shape index (κ3) is 4.14. The van der Waals surface area contributed by atoms with Crippen LogP contribution in [0.3, 0.4) is 0 Å². The fourth-order valence-electron chi connectivity index (χ4n) is 1.72. The number of rotatable bonds is 2. The van der Waals surface area contributed by atoms with E-state index in [2.05, 4.69) is 0 Å². The van der Waals surface area contributed by atoms with Crippen molar-refractivity contribution >= 4 is 24.0 Å². The average Bonchev–Trinajstić information content (AvgIpc) is 2.14. The molecule has 3 N–H and O–H groups in total. The highest BCUT2D eigenvalue weighted by Gasteiger charge is 2.29. The maximum Gasteiger partial charge on any atom is 0.0781 e. The maximum atomic E-state index is 10.1. The van der Waals surface area contributed by atoms with Crippen LogP contribution in [0.2, 0.25) is 5.02 Å². The zero-order valence-corrected chi connectivity index (χ0v) is 12.3. The number of hydrogen-bond acceptors (Lipinski definition) is 2. The number of nitrogens with two attached hydrogens (primary N) is 1. The Bertz CT molecular complexity index is 374. The molecule has 1 aromatic carbocycles. The zero-order valence-electron chi connectivity index (χ0n) is 10.7. The largest absolute Gasteiger partial charge is 0.391 e. The van der Waals surface area contributed by atoms with Crippen molar-refractivity contribution in [1.82, 2.24) is 0 Å². The van der Waals surface area contributed by atoms with E-state index >= 15 is 0 Å². The van der Waals surface area contributed by atoms with Gasteiger partial charge >= 0.3 is 0 Å². The van der Waals surface area contributed by atoms with Crippen molar-refractivity contribution in [1.29, 1.82) is 0 Å². The molecule has 2 nitrogen and oxygen atoms in total. The van der Waals surface area contributed by atoms with E-state index in [0.717, 1.165) is 11.1 Å². The monoisotopic (exact) mass is 277 g/mol. The van der Waals surface area contributed by atoms with Gasteiger partial charge in [0.2, 0.25) is 0 Å². The minimum Gasteiger partial charge on any atom is -0.391 e. The summed E-state index contributed by atoms with van der Waals surface area (Å²) in [7, 11) is 0. The second-order valence-electron chi connectivity index (χ2n) is 5.34. The van der Waals surface area contributed by atoms with Crippen molar-refractivity contribution in [2.75, 3.05) is 0 Å². The molecule has 0 unspecified atom stereocenters. The van der Waals surface area contributed by atoms with E-state index in [4.69, 9.17) is 17.3 Å². The van der Waals surface area contributed by atoms with Gasteiger partial charge in [0.05, 0.1) is 12.1 Å². The molecule has 0 saturated heterocycles. The van der Waals surface area contributed by atoms with Crippen LogP contribution in [0, 0.1) is 12.3 Å². The van der Waals surface area contributed by atoms with Crippen molar-refractivity contribution in [3.8, 4) is 0 Å². The van der Waals surface area contributed by atoms with Gasteiger partial charge in [-0.15, -0.1) is 12.4 Å². The maximum absolute atomic E-state index is 10.1. The van der Waals surface area contributed by atoms with Crippen LogP contribution in [-0.4, -0.2) is 11.2 Å². The summed E-state index contributed by atoms with van der Waals surface area (Å²) in [6, 6.07) is 5.18. The summed E-state index contributed by atoms with van der Waals surface area (Å²) < 4.78 is 0. The Morgan fingerprint density at radius 1 is 1.29 bits per heavy atom. The van der Waals surface area contributed by atoms with Crippen LogP contribution in [0.1, 0.15) is 37.9 Å². The van der Waals surface area contributed by atoms with E-state index in [0.29, 0.717) is 5.02 Å². The Morgan fingerprint density at radius 2 is 1.82 bits per heavy atom. The highest BCUT2D eigenvalue weighted by Crippen LogP contribution is 2.30. The Morgan fingerprint density at radius 3 is 2.24 bits per heavy atom. The molecule has 0 radical (unpaired) electrons. The van der Waals surface area contributed by atoms with Crippen LogP contribution in [-0.2, 0) is 0 Å². The summed E-state index contributed by atoms with van der Waals surface area (Å²) in [5.74, 6) is 0. The summed E-state index contributed by atoms with van der Waals surface area (Å²) in [5, 5.41) is 10.8. The first-order valence-corrected chi connectivity index (χ1v) is 5.81. The molecule has 0 bridgehead atoms. The second-order valence-corrected chi connectivity index (χ2v) is 5.77. The average molecular weight is 278 g/mol. The van der Waals surface area contributed by atoms with Gasteiger partial charge in [-0.25, -0.2) is 0 Å². The minimum atomic E-state index is -0.577. The number of hydrogen-bond donors (Lipinski definition) is 2. The van der Waals surface area contributed by atoms with E-state index in [1.807, 2.05) is 39.8 Å². The summed E-state index contributed by atoms with van der Waals surface area (Å²) in [5.41, 5.74) is 7.82.